The largest absolute Gasteiger partial charge is 0.481 e. The van der Waals surface area contributed by atoms with Gasteiger partial charge in [-0.05, 0) is 6.07 Å². The van der Waals surface area contributed by atoms with Gasteiger partial charge in [-0.1, -0.05) is 11.6 Å². The number of nitrogens with zero attached hydrogens (tertiary/aromatic N) is 2. The molecule has 16 heavy (non-hydrogen) atoms. The van der Waals surface area contributed by atoms with Crippen LogP contribution < -0.4 is 4.74 Å². The first-order valence-corrected chi connectivity index (χ1v) is 4.74. The van der Waals surface area contributed by atoms with Crippen molar-refractivity contribution in [2.45, 2.75) is 0 Å². The fraction of sp³-hybridized carbons (Fsp3) is 0.100. The monoisotopic (exact) mass is 238 g/mol. The van der Waals surface area contributed by atoms with Gasteiger partial charge in [0.2, 0.25) is 5.88 Å². The fourth-order valence-electron chi connectivity index (χ4n) is 1.34. The molecule has 2 aromatic rings. The van der Waals surface area contributed by atoms with Crippen molar-refractivity contribution in [3.63, 3.8) is 0 Å². The van der Waals surface area contributed by atoms with Crippen molar-refractivity contribution in [3.05, 3.63) is 28.9 Å². The molecule has 0 aliphatic heterocycles. The van der Waals surface area contributed by atoms with Crippen molar-refractivity contribution in [1.29, 1.82) is 0 Å². The SMILES string of the molecule is COc1ccc2ncc(Cl)c(C(=O)O)c2n1. The van der Waals surface area contributed by atoms with Crippen LogP contribution in [0.15, 0.2) is 18.3 Å². The number of pyridine rings is 2. The highest BCUT2D eigenvalue weighted by molar-refractivity contribution is 6.34. The molecule has 0 bridgehead atoms. The normalized spacial score (nSPS) is 10.4. The molecule has 0 unspecified atom stereocenters. The minimum absolute atomic E-state index is 0.0563. The molecule has 0 saturated carbocycles. The van der Waals surface area contributed by atoms with E-state index in [1.165, 1.54) is 13.3 Å². The zero-order valence-corrected chi connectivity index (χ0v) is 9.02. The second-order valence-electron chi connectivity index (χ2n) is 3.01. The molecule has 2 heterocycles. The Hall–Kier alpha value is -1.88. The molecule has 0 radical (unpaired) electrons. The number of carboxylic acids is 1. The van der Waals surface area contributed by atoms with E-state index in [2.05, 4.69) is 9.97 Å². The Labute approximate surface area is 95.7 Å². The summed E-state index contributed by atoms with van der Waals surface area (Å²) in [6, 6.07) is 3.23. The van der Waals surface area contributed by atoms with Crippen LogP contribution in [0.4, 0.5) is 0 Å². The molecule has 0 spiro atoms. The first-order valence-electron chi connectivity index (χ1n) is 4.36. The molecule has 0 atom stereocenters. The molecule has 0 aromatic carbocycles. The van der Waals surface area contributed by atoms with Gasteiger partial charge < -0.3 is 9.84 Å². The summed E-state index contributed by atoms with van der Waals surface area (Å²) in [6.07, 6.45) is 1.29. The molecule has 0 fully saturated rings. The Morgan fingerprint density at radius 1 is 1.50 bits per heavy atom. The van der Waals surface area contributed by atoms with E-state index < -0.39 is 5.97 Å². The molecule has 5 nitrogen and oxygen atoms in total. The van der Waals surface area contributed by atoms with Crippen molar-refractivity contribution >= 4 is 28.6 Å². The topological polar surface area (TPSA) is 72.3 Å². The Balaban J connectivity index is 2.83. The molecule has 82 valence electrons. The van der Waals surface area contributed by atoms with Gasteiger partial charge in [0.1, 0.15) is 11.1 Å². The zero-order chi connectivity index (χ0) is 11.7. The minimum Gasteiger partial charge on any atom is -0.481 e. The maximum Gasteiger partial charge on any atom is 0.339 e. The quantitative estimate of drug-likeness (QED) is 0.866. The van der Waals surface area contributed by atoms with E-state index >= 15 is 0 Å². The minimum atomic E-state index is -1.14. The van der Waals surface area contributed by atoms with Crippen molar-refractivity contribution < 1.29 is 14.6 Å². The van der Waals surface area contributed by atoms with Crippen LogP contribution in [0.5, 0.6) is 5.88 Å². The molecular formula is C10H7ClN2O3. The second-order valence-corrected chi connectivity index (χ2v) is 3.41. The number of ether oxygens (including phenoxy) is 1. The highest BCUT2D eigenvalue weighted by atomic mass is 35.5. The number of rotatable bonds is 2. The number of carbonyl (C=O) groups is 1. The summed E-state index contributed by atoms with van der Waals surface area (Å²) in [6.45, 7) is 0. The standard InChI is InChI=1S/C10H7ClN2O3/c1-16-7-3-2-6-9(13-7)8(10(14)15)5(11)4-12-6/h2-4H,1H3,(H,14,15). The van der Waals surface area contributed by atoms with E-state index in [1.54, 1.807) is 12.1 Å². The highest BCUT2D eigenvalue weighted by Gasteiger charge is 2.16. The molecule has 0 saturated heterocycles. The summed E-state index contributed by atoms with van der Waals surface area (Å²) in [5.41, 5.74) is 0.618. The van der Waals surface area contributed by atoms with Gasteiger partial charge in [-0.2, -0.15) is 0 Å². The Morgan fingerprint density at radius 3 is 2.88 bits per heavy atom. The summed E-state index contributed by atoms with van der Waals surface area (Å²) in [7, 11) is 1.45. The fourth-order valence-corrected chi connectivity index (χ4v) is 1.56. The molecular weight excluding hydrogens is 232 g/mol. The Kier molecular flexibility index (Phi) is 2.62. The van der Waals surface area contributed by atoms with Gasteiger partial charge in [-0.25, -0.2) is 9.78 Å². The lowest BCUT2D eigenvalue weighted by molar-refractivity contribution is 0.0699. The van der Waals surface area contributed by atoms with Crippen LogP contribution in [0.2, 0.25) is 5.02 Å². The average Bonchev–Trinajstić information content (AvgIpc) is 2.27. The lowest BCUT2D eigenvalue weighted by atomic mass is 10.2. The third-order valence-corrected chi connectivity index (χ3v) is 2.35. The van der Waals surface area contributed by atoms with Crippen molar-refractivity contribution in [2.75, 3.05) is 7.11 Å². The van der Waals surface area contributed by atoms with Gasteiger partial charge in [-0.15, -0.1) is 0 Å². The predicted octanol–water partition coefficient (Wildman–Crippen LogP) is 1.99. The van der Waals surface area contributed by atoms with E-state index in [0.29, 0.717) is 11.4 Å². The first-order chi connectivity index (χ1) is 7.63. The van der Waals surface area contributed by atoms with E-state index in [-0.39, 0.29) is 16.1 Å². The number of hydrogen-bond acceptors (Lipinski definition) is 4. The summed E-state index contributed by atoms with van der Waals surface area (Å²) in [4.78, 5) is 19.1. The molecule has 0 aliphatic rings. The van der Waals surface area contributed by atoms with Gasteiger partial charge in [0.05, 0.1) is 17.6 Å². The molecule has 6 heteroatoms. The average molecular weight is 239 g/mol. The second kappa shape index (κ2) is 3.94. The number of methoxy groups -OCH3 is 1. The summed E-state index contributed by atoms with van der Waals surface area (Å²) in [5.74, 6) is -0.822. The van der Waals surface area contributed by atoms with E-state index in [0.717, 1.165) is 0 Å². The van der Waals surface area contributed by atoms with Gasteiger partial charge >= 0.3 is 5.97 Å². The Morgan fingerprint density at radius 2 is 2.25 bits per heavy atom. The molecule has 2 aromatic heterocycles. The van der Waals surface area contributed by atoms with Gasteiger partial charge in [0, 0.05) is 12.3 Å². The summed E-state index contributed by atoms with van der Waals surface area (Å²) < 4.78 is 4.92. The lowest BCUT2D eigenvalue weighted by Gasteiger charge is -2.04. The van der Waals surface area contributed by atoms with Crippen LogP contribution in [0.1, 0.15) is 10.4 Å². The third kappa shape index (κ3) is 1.65. The molecule has 1 N–H and O–H groups in total. The number of carboxylic acid groups (broad SMARTS) is 1. The van der Waals surface area contributed by atoms with Crippen LogP contribution in [0, 0.1) is 0 Å². The molecule has 2 rings (SSSR count). The number of fused-ring (bicyclic) bond motifs is 1. The highest BCUT2D eigenvalue weighted by Crippen LogP contribution is 2.24. The maximum absolute atomic E-state index is 11.0. The van der Waals surface area contributed by atoms with Gasteiger partial charge in [0.15, 0.2) is 0 Å². The summed E-state index contributed by atoms with van der Waals surface area (Å²) in [5, 5.41) is 9.09. The van der Waals surface area contributed by atoms with Gasteiger partial charge in [0.25, 0.3) is 0 Å². The van der Waals surface area contributed by atoms with Crippen LogP contribution >= 0.6 is 11.6 Å². The first kappa shape index (κ1) is 10.6. The van der Waals surface area contributed by atoms with Gasteiger partial charge in [-0.3, -0.25) is 4.98 Å². The van der Waals surface area contributed by atoms with Crippen molar-refractivity contribution in [2.24, 2.45) is 0 Å². The predicted molar refractivity (Wildman–Crippen MR) is 58.1 cm³/mol. The number of aromatic carboxylic acids is 1. The zero-order valence-electron chi connectivity index (χ0n) is 8.27. The van der Waals surface area contributed by atoms with Crippen molar-refractivity contribution in [1.82, 2.24) is 9.97 Å². The maximum atomic E-state index is 11.0. The van der Waals surface area contributed by atoms with E-state index in [9.17, 15) is 4.79 Å². The number of aromatic nitrogens is 2. The van der Waals surface area contributed by atoms with Crippen LogP contribution in [0.25, 0.3) is 11.0 Å². The van der Waals surface area contributed by atoms with E-state index in [4.69, 9.17) is 21.4 Å². The smallest absolute Gasteiger partial charge is 0.339 e. The molecule has 0 amide bonds. The number of halogens is 1. The number of hydrogen-bond donors (Lipinski definition) is 1. The van der Waals surface area contributed by atoms with Crippen LogP contribution in [0.3, 0.4) is 0 Å². The van der Waals surface area contributed by atoms with E-state index in [1.807, 2.05) is 0 Å². The summed E-state index contributed by atoms with van der Waals surface area (Å²) >= 11 is 5.77. The van der Waals surface area contributed by atoms with Crippen molar-refractivity contribution in [3.8, 4) is 5.88 Å². The van der Waals surface area contributed by atoms with Crippen LogP contribution in [-0.2, 0) is 0 Å². The lowest BCUT2D eigenvalue weighted by Crippen LogP contribution is -2.02. The molecule has 0 aliphatic carbocycles. The third-order valence-electron chi connectivity index (χ3n) is 2.06. The Bertz CT molecular complexity index is 571. The van der Waals surface area contributed by atoms with Crippen LogP contribution in [-0.4, -0.2) is 28.2 Å².